The van der Waals surface area contributed by atoms with Gasteiger partial charge in [0.1, 0.15) is 0 Å². The van der Waals surface area contributed by atoms with Crippen molar-refractivity contribution in [2.45, 2.75) is 28.2 Å². The number of sulfonamides is 2. The van der Waals surface area contributed by atoms with Gasteiger partial charge in [0.25, 0.3) is 16.2 Å². The van der Waals surface area contributed by atoms with Gasteiger partial charge in [-0.3, -0.25) is 4.72 Å². The van der Waals surface area contributed by atoms with Crippen LogP contribution in [-0.4, -0.2) is 35.3 Å². The lowest BCUT2D eigenvalue weighted by Crippen LogP contribution is -2.45. The molecule has 3 N–H and O–H groups in total. The molecule has 2 aromatic rings. The molecular weight excluding hydrogens is 466 g/mol. The second-order valence-corrected chi connectivity index (χ2v) is 8.93. The minimum absolute atomic E-state index is 0.411. The average Bonchev–Trinajstić information content (AvgIpc) is 2.61. The smallest absolute Gasteiger partial charge is 0.428 e. The molecule has 0 heterocycles. The van der Waals surface area contributed by atoms with Crippen LogP contribution in [-0.2, 0) is 20.0 Å². The van der Waals surface area contributed by atoms with Crippen LogP contribution in [0.3, 0.4) is 0 Å². The highest BCUT2D eigenvalue weighted by Crippen LogP contribution is 2.38. The number of hydrogen-bond donors (Lipinski definition) is 2. The first-order valence-corrected chi connectivity index (χ1v) is 10.6. The molecule has 0 aliphatic heterocycles. The largest absolute Gasteiger partial charge is 0.439 e. The standard InChI is InChI=1S/C15H12F6N2O5S2/c16-13(14(17,18)19)15(20,21)28-12-4-2-1-3-11(12)23-30(26,27)10-7-5-9(6-8-10)29(22,24)25/h1-8,13,23H,(H2,22,24,25)/t13-/m1/s1. The van der Waals surface area contributed by atoms with Crippen LogP contribution in [0.1, 0.15) is 0 Å². The highest BCUT2D eigenvalue weighted by molar-refractivity contribution is 7.92. The van der Waals surface area contributed by atoms with Gasteiger partial charge < -0.3 is 4.74 Å². The minimum Gasteiger partial charge on any atom is -0.428 e. The van der Waals surface area contributed by atoms with Gasteiger partial charge in [-0.1, -0.05) is 12.1 Å². The van der Waals surface area contributed by atoms with Gasteiger partial charge >= 0.3 is 12.3 Å². The Labute approximate surface area is 166 Å². The molecule has 7 nitrogen and oxygen atoms in total. The van der Waals surface area contributed by atoms with Crippen LogP contribution in [0.15, 0.2) is 58.3 Å². The fourth-order valence-electron chi connectivity index (χ4n) is 2.04. The summed E-state index contributed by atoms with van der Waals surface area (Å²) in [5.74, 6) is -1.08. The van der Waals surface area contributed by atoms with Crippen LogP contribution >= 0.6 is 0 Å². The Morgan fingerprint density at radius 3 is 1.87 bits per heavy atom. The maximum Gasteiger partial charge on any atom is 0.439 e. The number of nitrogens with two attached hydrogens (primary N) is 1. The van der Waals surface area contributed by atoms with Crippen molar-refractivity contribution in [3.05, 3.63) is 48.5 Å². The van der Waals surface area contributed by atoms with Crippen molar-refractivity contribution in [3.63, 3.8) is 0 Å². The lowest BCUT2D eigenvalue weighted by molar-refractivity contribution is -0.304. The third-order valence-electron chi connectivity index (χ3n) is 3.42. The third-order valence-corrected chi connectivity index (χ3v) is 5.73. The molecule has 2 aromatic carbocycles. The Hall–Kier alpha value is -2.52. The van der Waals surface area contributed by atoms with E-state index in [9.17, 15) is 43.2 Å². The zero-order chi connectivity index (χ0) is 23.0. The molecule has 0 aliphatic rings. The summed E-state index contributed by atoms with van der Waals surface area (Å²) in [5.41, 5.74) is -0.720. The topological polar surface area (TPSA) is 116 Å². The molecule has 0 aliphatic carbocycles. The summed E-state index contributed by atoms with van der Waals surface area (Å²) >= 11 is 0. The van der Waals surface area contributed by atoms with E-state index in [4.69, 9.17) is 5.14 Å². The Morgan fingerprint density at radius 1 is 0.867 bits per heavy atom. The van der Waals surface area contributed by atoms with E-state index < -0.39 is 59.7 Å². The molecule has 166 valence electrons. The molecule has 0 saturated heterocycles. The molecule has 0 unspecified atom stereocenters. The fourth-order valence-corrected chi connectivity index (χ4v) is 3.63. The number of nitrogens with one attached hydrogen (secondary N) is 1. The van der Waals surface area contributed by atoms with Crippen LogP contribution in [0, 0.1) is 0 Å². The Morgan fingerprint density at radius 2 is 1.37 bits per heavy atom. The summed E-state index contributed by atoms with van der Waals surface area (Å²) in [6.45, 7) is 0. The second-order valence-electron chi connectivity index (χ2n) is 5.69. The van der Waals surface area contributed by atoms with E-state index in [1.54, 1.807) is 4.72 Å². The maximum atomic E-state index is 13.5. The molecule has 0 radical (unpaired) electrons. The van der Waals surface area contributed by atoms with E-state index in [1.165, 1.54) is 0 Å². The van der Waals surface area contributed by atoms with Crippen molar-refractivity contribution < 1.29 is 47.9 Å². The lowest BCUT2D eigenvalue weighted by Gasteiger charge is -2.24. The normalized spacial score (nSPS) is 14.2. The van der Waals surface area contributed by atoms with Gasteiger partial charge in [0, 0.05) is 0 Å². The zero-order valence-corrected chi connectivity index (χ0v) is 16.0. The second kappa shape index (κ2) is 7.96. The van der Waals surface area contributed by atoms with E-state index in [2.05, 4.69) is 4.74 Å². The van der Waals surface area contributed by atoms with Crippen molar-refractivity contribution in [3.8, 4) is 5.75 Å². The van der Waals surface area contributed by atoms with Crippen molar-refractivity contribution >= 4 is 25.7 Å². The molecular formula is C15H12F6N2O5S2. The molecule has 0 amide bonds. The van der Waals surface area contributed by atoms with Crippen molar-refractivity contribution in [1.82, 2.24) is 0 Å². The van der Waals surface area contributed by atoms with E-state index in [1.807, 2.05) is 0 Å². The summed E-state index contributed by atoms with van der Waals surface area (Å²) in [6.07, 6.45) is -15.9. The first-order valence-electron chi connectivity index (χ1n) is 7.56. The van der Waals surface area contributed by atoms with Gasteiger partial charge in [-0.25, -0.2) is 26.4 Å². The Kier molecular flexibility index (Phi) is 6.30. The number of para-hydroxylation sites is 2. The summed E-state index contributed by atoms with van der Waals surface area (Å²) in [4.78, 5) is -0.943. The van der Waals surface area contributed by atoms with E-state index >= 15 is 0 Å². The van der Waals surface area contributed by atoms with Gasteiger partial charge in [-0.05, 0) is 36.4 Å². The average molecular weight is 478 g/mol. The highest BCUT2D eigenvalue weighted by Gasteiger charge is 2.59. The first-order chi connectivity index (χ1) is 13.5. The molecule has 0 bridgehead atoms. The van der Waals surface area contributed by atoms with Crippen molar-refractivity contribution in [2.75, 3.05) is 4.72 Å². The quantitative estimate of drug-likeness (QED) is 0.594. The molecule has 0 aromatic heterocycles. The van der Waals surface area contributed by atoms with E-state index in [-0.39, 0.29) is 0 Å². The number of alkyl halides is 6. The molecule has 0 spiro atoms. The summed E-state index contributed by atoms with van der Waals surface area (Å²) in [6, 6.07) is 7.13. The first kappa shape index (κ1) is 23.8. The van der Waals surface area contributed by atoms with Gasteiger partial charge in [0.15, 0.2) is 5.75 Å². The van der Waals surface area contributed by atoms with Crippen molar-refractivity contribution in [1.29, 1.82) is 0 Å². The molecule has 1 atom stereocenters. The fraction of sp³-hybridized carbons (Fsp3) is 0.200. The monoisotopic (exact) mass is 478 g/mol. The number of benzene rings is 2. The molecule has 2 rings (SSSR count). The Balaban J connectivity index is 2.34. The summed E-state index contributed by atoms with van der Waals surface area (Å²) < 4.78 is 130. The van der Waals surface area contributed by atoms with Gasteiger partial charge in [-0.2, -0.15) is 22.0 Å². The predicted octanol–water partition coefficient (Wildman–Crippen LogP) is 3.01. The number of primary sulfonamides is 1. The van der Waals surface area contributed by atoms with Gasteiger partial charge in [0.2, 0.25) is 10.0 Å². The SMILES string of the molecule is NS(=O)(=O)c1ccc(S(=O)(=O)Nc2ccccc2OC(F)(F)[C@H](F)C(F)(F)F)cc1. The van der Waals surface area contributed by atoms with Crippen LogP contribution < -0.4 is 14.6 Å². The lowest BCUT2D eigenvalue weighted by atomic mass is 10.3. The van der Waals surface area contributed by atoms with Crippen LogP contribution in [0.5, 0.6) is 5.75 Å². The molecule has 0 saturated carbocycles. The third kappa shape index (κ3) is 5.54. The number of halogens is 6. The van der Waals surface area contributed by atoms with Crippen LogP contribution in [0.25, 0.3) is 0 Å². The maximum absolute atomic E-state index is 13.5. The molecule has 0 fully saturated rings. The van der Waals surface area contributed by atoms with Gasteiger partial charge in [0.05, 0.1) is 15.5 Å². The Bertz CT molecular complexity index is 1120. The number of ether oxygens (including phenoxy) is 1. The van der Waals surface area contributed by atoms with Crippen LogP contribution in [0.2, 0.25) is 0 Å². The number of hydrogen-bond acceptors (Lipinski definition) is 5. The number of anilines is 1. The number of rotatable bonds is 7. The highest BCUT2D eigenvalue weighted by atomic mass is 32.2. The van der Waals surface area contributed by atoms with Crippen LogP contribution in [0.4, 0.5) is 32.0 Å². The van der Waals surface area contributed by atoms with E-state index in [0.717, 1.165) is 42.5 Å². The predicted molar refractivity (Wildman–Crippen MR) is 91.6 cm³/mol. The zero-order valence-electron chi connectivity index (χ0n) is 14.4. The molecule has 15 heteroatoms. The van der Waals surface area contributed by atoms with Gasteiger partial charge in [-0.15, -0.1) is 0 Å². The van der Waals surface area contributed by atoms with Crippen molar-refractivity contribution in [2.24, 2.45) is 5.14 Å². The minimum atomic E-state index is -5.93. The molecule has 30 heavy (non-hydrogen) atoms. The summed E-state index contributed by atoms with van der Waals surface area (Å²) in [7, 11) is -8.65. The summed E-state index contributed by atoms with van der Waals surface area (Å²) in [5, 5.41) is 4.88. The van der Waals surface area contributed by atoms with E-state index in [0.29, 0.717) is 6.07 Å².